The van der Waals surface area contributed by atoms with Crippen molar-refractivity contribution in [2.75, 3.05) is 39.8 Å². The summed E-state index contributed by atoms with van der Waals surface area (Å²) in [6.07, 6.45) is 2.86. The highest BCUT2D eigenvalue weighted by atomic mass is 16.5. The van der Waals surface area contributed by atoms with Gasteiger partial charge in [-0.1, -0.05) is 6.92 Å². The molecule has 0 bridgehead atoms. The highest BCUT2D eigenvalue weighted by molar-refractivity contribution is 5.79. The summed E-state index contributed by atoms with van der Waals surface area (Å²) in [6, 6.07) is 0.384. The number of hydrogen-bond donors (Lipinski definition) is 1. The van der Waals surface area contributed by atoms with Gasteiger partial charge >= 0.3 is 0 Å². The first-order chi connectivity index (χ1) is 10.0. The molecular weight excluding hydrogens is 266 g/mol. The second kappa shape index (κ2) is 7.56. The molecule has 0 aliphatic carbocycles. The van der Waals surface area contributed by atoms with E-state index in [1.807, 2.05) is 14.0 Å². The Balaban J connectivity index is 1.91. The van der Waals surface area contributed by atoms with E-state index in [0.29, 0.717) is 24.2 Å². The van der Waals surface area contributed by atoms with Crippen molar-refractivity contribution in [3.05, 3.63) is 0 Å². The first-order valence-electron chi connectivity index (χ1n) is 8.34. The van der Waals surface area contributed by atoms with E-state index in [-0.39, 0.29) is 5.92 Å². The Labute approximate surface area is 129 Å². The van der Waals surface area contributed by atoms with Gasteiger partial charge in [-0.2, -0.15) is 0 Å². The molecule has 21 heavy (non-hydrogen) atoms. The van der Waals surface area contributed by atoms with Crippen molar-refractivity contribution >= 4 is 5.91 Å². The van der Waals surface area contributed by atoms with Crippen molar-refractivity contribution in [1.82, 2.24) is 15.1 Å². The smallest absolute Gasteiger partial charge is 0.226 e. The zero-order valence-corrected chi connectivity index (χ0v) is 14.0. The van der Waals surface area contributed by atoms with Gasteiger partial charge in [0.25, 0.3) is 0 Å². The topological polar surface area (TPSA) is 44.8 Å². The van der Waals surface area contributed by atoms with Crippen molar-refractivity contribution in [2.24, 2.45) is 5.92 Å². The van der Waals surface area contributed by atoms with E-state index >= 15 is 0 Å². The Kier molecular flexibility index (Phi) is 6.02. The molecule has 2 aliphatic rings. The minimum Gasteiger partial charge on any atom is -0.373 e. The molecule has 5 heteroatoms. The van der Waals surface area contributed by atoms with Crippen molar-refractivity contribution in [1.29, 1.82) is 0 Å². The molecule has 0 saturated carbocycles. The first kappa shape index (κ1) is 16.7. The van der Waals surface area contributed by atoms with Crippen LogP contribution in [0.2, 0.25) is 0 Å². The fourth-order valence-electron chi connectivity index (χ4n) is 3.72. The van der Waals surface area contributed by atoms with Crippen LogP contribution < -0.4 is 5.32 Å². The summed E-state index contributed by atoms with van der Waals surface area (Å²) in [5.41, 5.74) is 0. The third kappa shape index (κ3) is 4.41. The molecule has 1 N–H and O–H groups in total. The highest BCUT2D eigenvalue weighted by Gasteiger charge is 2.33. The summed E-state index contributed by atoms with van der Waals surface area (Å²) in [4.78, 5) is 17.1. The predicted molar refractivity (Wildman–Crippen MR) is 84.3 cm³/mol. The minimum atomic E-state index is 0.0677. The summed E-state index contributed by atoms with van der Waals surface area (Å²) in [7, 11) is 1.90. The molecule has 122 valence electrons. The Morgan fingerprint density at radius 3 is 2.62 bits per heavy atom. The van der Waals surface area contributed by atoms with Crippen LogP contribution in [0.1, 0.15) is 33.6 Å². The number of hydrogen-bond acceptors (Lipinski definition) is 4. The molecular formula is C16H31N3O2. The zero-order valence-electron chi connectivity index (χ0n) is 14.0. The lowest BCUT2D eigenvalue weighted by Crippen LogP contribution is -2.51. The summed E-state index contributed by atoms with van der Waals surface area (Å²) in [6.45, 7) is 10.9. The quantitative estimate of drug-likeness (QED) is 0.820. The van der Waals surface area contributed by atoms with Crippen LogP contribution in [-0.2, 0) is 9.53 Å². The number of rotatable bonds is 5. The van der Waals surface area contributed by atoms with Crippen LogP contribution in [0.3, 0.4) is 0 Å². The van der Waals surface area contributed by atoms with Gasteiger partial charge in [0.15, 0.2) is 0 Å². The third-order valence-electron chi connectivity index (χ3n) is 4.56. The van der Waals surface area contributed by atoms with Gasteiger partial charge in [0, 0.05) is 44.7 Å². The van der Waals surface area contributed by atoms with Gasteiger partial charge in [-0.15, -0.1) is 0 Å². The largest absolute Gasteiger partial charge is 0.373 e. The van der Waals surface area contributed by atoms with Gasteiger partial charge in [-0.05, 0) is 33.7 Å². The molecule has 2 heterocycles. The summed E-state index contributed by atoms with van der Waals surface area (Å²) < 4.78 is 5.79. The van der Waals surface area contributed by atoms with E-state index in [1.165, 1.54) is 0 Å². The Morgan fingerprint density at radius 2 is 2.00 bits per heavy atom. The number of amides is 1. The lowest BCUT2D eigenvalue weighted by atomic mass is 10.1. The lowest BCUT2D eigenvalue weighted by Gasteiger charge is -2.38. The average Bonchev–Trinajstić information content (AvgIpc) is 2.85. The number of ether oxygens (including phenoxy) is 1. The van der Waals surface area contributed by atoms with Crippen LogP contribution in [0, 0.1) is 5.92 Å². The number of morpholine rings is 1. The zero-order chi connectivity index (χ0) is 15.4. The standard InChI is InChI=1S/C16H31N3O2/c1-12(8-17-4)16(20)19-7-5-6-15(19)11-18-9-13(2)21-14(3)10-18/h12-15,17H,5-11H2,1-4H3/t12-,13+,14+,15+/m0/s1. The van der Waals surface area contributed by atoms with Crippen LogP contribution in [0.15, 0.2) is 0 Å². The van der Waals surface area contributed by atoms with Gasteiger partial charge in [-0.25, -0.2) is 0 Å². The average molecular weight is 297 g/mol. The Hall–Kier alpha value is -0.650. The van der Waals surface area contributed by atoms with Crippen LogP contribution >= 0.6 is 0 Å². The van der Waals surface area contributed by atoms with E-state index in [0.717, 1.165) is 45.6 Å². The van der Waals surface area contributed by atoms with Gasteiger partial charge in [-0.3, -0.25) is 9.69 Å². The molecule has 1 amide bonds. The van der Waals surface area contributed by atoms with Crippen LogP contribution in [0.5, 0.6) is 0 Å². The maximum Gasteiger partial charge on any atom is 0.226 e. The first-order valence-corrected chi connectivity index (χ1v) is 8.34. The molecule has 0 radical (unpaired) electrons. The van der Waals surface area contributed by atoms with Gasteiger partial charge in [0.1, 0.15) is 0 Å². The van der Waals surface area contributed by atoms with Crippen LogP contribution in [0.25, 0.3) is 0 Å². The Morgan fingerprint density at radius 1 is 1.33 bits per heavy atom. The number of likely N-dealkylation sites (tertiary alicyclic amines) is 1. The number of nitrogens with one attached hydrogen (secondary N) is 1. The van der Waals surface area contributed by atoms with Crippen molar-refractivity contribution in [2.45, 2.75) is 51.9 Å². The van der Waals surface area contributed by atoms with Crippen LogP contribution in [0.4, 0.5) is 0 Å². The van der Waals surface area contributed by atoms with Crippen molar-refractivity contribution in [3.8, 4) is 0 Å². The van der Waals surface area contributed by atoms with E-state index in [4.69, 9.17) is 4.74 Å². The molecule has 4 atom stereocenters. The number of carbonyl (C=O) groups excluding carboxylic acids is 1. The third-order valence-corrected chi connectivity index (χ3v) is 4.56. The predicted octanol–water partition coefficient (Wildman–Crippen LogP) is 0.942. The molecule has 0 unspecified atom stereocenters. The van der Waals surface area contributed by atoms with E-state index < -0.39 is 0 Å². The Bertz CT molecular complexity index is 340. The monoisotopic (exact) mass is 297 g/mol. The molecule has 0 aromatic heterocycles. The van der Waals surface area contributed by atoms with Gasteiger partial charge in [0.2, 0.25) is 5.91 Å². The van der Waals surface area contributed by atoms with Gasteiger partial charge in [0.05, 0.1) is 12.2 Å². The second-order valence-corrected chi connectivity index (χ2v) is 6.76. The SMILES string of the molecule is CNC[C@H](C)C(=O)N1CCC[C@@H]1CN1C[C@@H](C)O[C@H](C)C1. The highest BCUT2D eigenvalue weighted by Crippen LogP contribution is 2.22. The maximum atomic E-state index is 12.6. The fraction of sp³-hybridized carbons (Fsp3) is 0.938. The normalized spacial score (nSPS) is 32.4. The molecule has 0 aromatic carbocycles. The molecule has 2 saturated heterocycles. The van der Waals surface area contributed by atoms with Crippen molar-refractivity contribution < 1.29 is 9.53 Å². The second-order valence-electron chi connectivity index (χ2n) is 6.76. The molecule has 0 aromatic rings. The minimum absolute atomic E-state index is 0.0677. The molecule has 0 spiro atoms. The molecule has 5 nitrogen and oxygen atoms in total. The number of carbonyl (C=O) groups is 1. The van der Waals surface area contributed by atoms with Crippen molar-refractivity contribution in [3.63, 3.8) is 0 Å². The summed E-state index contributed by atoms with van der Waals surface area (Å²) in [5.74, 6) is 0.374. The molecule has 2 rings (SSSR count). The lowest BCUT2D eigenvalue weighted by molar-refractivity contribution is -0.136. The summed E-state index contributed by atoms with van der Waals surface area (Å²) in [5, 5.41) is 3.11. The molecule has 2 fully saturated rings. The number of nitrogens with zero attached hydrogens (tertiary/aromatic N) is 2. The molecule has 2 aliphatic heterocycles. The van der Waals surface area contributed by atoms with E-state index in [2.05, 4.69) is 29.0 Å². The van der Waals surface area contributed by atoms with Crippen LogP contribution in [-0.4, -0.2) is 73.7 Å². The fourth-order valence-corrected chi connectivity index (χ4v) is 3.72. The maximum absolute atomic E-state index is 12.6. The van der Waals surface area contributed by atoms with Gasteiger partial charge < -0.3 is 15.0 Å². The van der Waals surface area contributed by atoms with E-state index in [1.54, 1.807) is 0 Å². The van der Waals surface area contributed by atoms with E-state index in [9.17, 15) is 4.79 Å². The summed E-state index contributed by atoms with van der Waals surface area (Å²) >= 11 is 0.